The standard InChI is InChI=1S/C14H21F3OSi/c1-14(2,18-19)7-5-3-4-6-10-8-12(16)13(17)9-11(10)15/h8-9H,3-7H2,1-2,19H3. The molecular formula is C14H21F3OSi. The predicted molar refractivity (Wildman–Crippen MR) is 73.6 cm³/mol. The van der Waals surface area contributed by atoms with Crippen LogP contribution in [0.5, 0.6) is 0 Å². The zero-order valence-electron chi connectivity index (χ0n) is 11.7. The van der Waals surface area contributed by atoms with Gasteiger partial charge in [0.15, 0.2) is 11.6 Å². The highest BCUT2D eigenvalue weighted by Gasteiger charge is 2.14. The van der Waals surface area contributed by atoms with Crippen molar-refractivity contribution in [3.63, 3.8) is 0 Å². The van der Waals surface area contributed by atoms with Crippen LogP contribution in [0.25, 0.3) is 0 Å². The van der Waals surface area contributed by atoms with Gasteiger partial charge in [0, 0.05) is 11.7 Å². The molecule has 0 aliphatic carbocycles. The van der Waals surface area contributed by atoms with Gasteiger partial charge in [0.25, 0.3) is 0 Å². The molecule has 0 radical (unpaired) electrons. The van der Waals surface area contributed by atoms with Crippen molar-refractivity contribution in [1.82, 2.24) is 0 Å². The van der Waals surface area contributed by atoms with Crippen LogP contribution in [0.2, 0.25) is 0 Å². The molecule has 0 spiro atoms. The van der Waals surface area contributed by atoms with Crippen LogP contribution in [0, 0.1) is 17.5 Å². The number of hydrogen-bond donors (Lipinski definition) is 0. The van der Waals surface area contributed by atoms with Crippen LogP contribution in [0.4, 0.5) is 13.2 Å². The smallest absolute Gasteiger partial charge is 0.161 e. The first-order valence-electron chi connectivity index (χ1n) is 6.54. The van der Waals surface area contributed by atoms with E-state index in [1.165, 1.54) is 0 Å². The lowest BCUT2D eigenvalue weighted by Gasteiger charge is -2.23. The van der Waals surface area contributed by atoms with Crippen LogP contribution in [0.3, 0.4) is 0 Å². The Balaban J connectivity index is 2.36. The zero-order chi connectivity index (χ0) is 14.5. The summed E-state index contributed by atoms with van der Waals surface area (Å²) in [5.41, 5.74) is 0.164. The highest BCUT2D eigenvalue weighted by molar-refractivity contribution is 5.98. The van der Waals surface area contributed by atoms with Crippen molar-refractivity contribution in [3.8, 4) is 0 Å². The molecule has 108 valence electrons. The SMILES string of the molecule is CC(C)(CCCCCc1cc(F)c(F)cc1F)O[SiH3]. The summed E-state index contributed by atoms with van der Waals surface area (Å²) in [5, 5.41) is 0. The zero-order valence-corrected chi connectivity index (χ0v) is 13.7. The normalized spacial score (nSPS) is 12.1. The molecule has 0 saturated carbocycles. The molecule has 0 N–H and O–H groups in total. The maximum atomic E-state index is 13.4. The van der Waals surface area contributed by atoms with E-state index >= 15 is 0 Å². The third-order valence-corrected chi connectivity index (χ3v) is 4.47. The Morgan fingerprint density at radius 2 is 1.63 bits per heavy atom. The Hall–Kier alpha value is -0.813. The van der Waals surface area contributed by atoms with E-state index in [0.29, 0.717) is 23.0 Å². The number of hydrogen-bond acceptors (Lipinski definition) is 1. The van der Waals surface area contributed by atoms with Crippen molar-refractivity contribution in [2.45, 2.75) is 51.6 Å². The van der Waals surface area contributed by atoms with Gasteiger partial charge in [-0.25, -0.2) is 13.2 Å². The number of benzene rings is 1. The summed E-state index contributed by atoms with van der Waals surface area (Å²) in [7, 11) is 0.716. The number of rotatable bonds is 7. The van der Waals surface area contributed by atoms with Crippen molar-refractivity contribution >= 4 is 10.5 Å². The van der Waals surface area contributed by atoms with Gasteiger partial charge >= 0.3 is 0 Å². The number of unbranched alkanes of at least 4 members (excludes halogenated alkanes) is 2. The highest BCUT2D eigenvalue weighted by Crippen LogP contribution is 2.19. The van der Waals surface area contributed by atoms with Gasteiger partial charge < -0.3 is 4.43 Å². The first-order chi connectivity index (χ1) is 8.85. The molecule has 0 unspecified atom stereocenters. The maximum Gasteiger partial charge on any atom is 0.161 e. The van der Waals surface area contributed by atoms with Gasteiger partial charge in [0.2, 0.25) is 0 Å². The predicted octanol–water partition coefficient (Wildman–Crippen LogP) is 3.28. The minimum Gasteiger partial charge on any atom is -0.423 e. The molecule has 1 rings (SSSR count). The van der Waals surface area contributed by atoms with Crippen LogP contribution >= 0.6 is 0 Å². The Morgan fingerprint density at radius 1 is 1.00 bits per heavy atom. The van der Waals surface area contributed by atoms with Gasteiger partial charge in [-0.1, -0.05) is 12.8 Å². The third kappa shape index (κ3) is 5.36. The number of aryl methyl sites for hydroxylation is 1. The van der Waals surface area contributed by atoms with E-state index in [2.05, 4.69) is 13.8 Å². The summed E-state index contributed by atoms with van der Waals surface area (Å²) in [6.45, 7) is 4.10. The van der Waals surface area contributed by atoms with Crippen molar-refractivity contribution in [3.05, 3.63) is 35.1 Å². The quantitative estimate of drug-likeness (QED) is 0.425. The molecule has 0 saturated heterocycles. The van der Waals surface area contributed by atoms with Gasteiger partial charge in [0.05, 0.1) is 0 Å². The second-order valence-corrected chi connectivity index (χ2v) is 5.79. The van der Waals surface area contributed by atoms with Crippen LogP contribution in [-0.2, 0) is 10.8 Å². The molecule has 1 nitrogen and oxygen atoms in total. The van der Waals surface area contributed by atoms with Gasteiger partial charge in [-0.15, -0.1) is 0 Å². The second kappa shape index (κ2) is 7.10. The van der Waals surface area contributed by atoms with E-state index in [1.54, 1.807) is 0 Å². The molecule has 1 aromatic rings. The third-order valence-electron chi connectivity index (χ3n) is 3.37. The van der Waals surface area contributed by atoms with Gasteiger partial charge in [-0.3, -0.25) is 0 Å². The minimum atomic E-state index is -1.13. The summed E-state index contributed by atoms with van der Waals surface area (Å²) in [4.78, 5) is 0. The average Bonchev–Trinajstić information content (AvgIpc) is 2.35. The average molecular weight is 290 g/mol. The minimum absolute atomic E-state index is 0.0839. The van der Waals surface area contributed by atoms with E-state index in [1.807, 2.05) is 0 Å². The summed E-state index contributed by atoms with van der Waals surface area (Å²) < 4.78 is 44.5. The molecule has 0 bridgehead atoms. The summed E-state index contributed by atoms with van der Waals surface area (Å²) in [6, 6.07) is 1.57. The van der Waals surface area contributed by atoms with Crippen LogP contribution in [0.1, 0.15) is 45.1 Å². The molecule has 0 fully saturated rings. The van der Waals surface area contributed by atoms with Gasteiger partial charge in [-0.05, 0) is 44.7 Å². The lowest BCUT2D eigenvalue weighted by molar-refractivity contribution is 0.109. The fourth-order valence-electron chi connectivity index (χ4n) is 1.90. The van der Waals surface area contributed by atoms with Crippen molar-refractivity contribution in [2.75, 3.05) is 0 Å². The van der Waals surface area contributed by atoms with Gasteiger partial charge in [0.1, 0.15) is 16.3 Å². The van der Waals surface area contributed by atoms with Crippen LogP contribution in [-0.4, -0.2) is 16.1 Å². The first-order valence-corrected chi connectivity index (χ1v) is 7.36. The molecule has 5 heteroatoms. The first kappa shape index (κ1) is 16.2. The molecular weight excluding hydrogens is 269 g/mol. The molecule has 0 aliphatic heterocycles. The Labute approximate surface area is 115 Å². The van der Waals surface area contributed by atoms with Crippen molar-refractivity contribution < 1.29 is 17.6 Å². The lowest BCUT2D eigenvalue weighted by Crippen LogP contribution is -2.22. The summed E-state index contributed by atoms with van der Waals surface area (Å²) in [5.74, 6) is -2.78. The molecule has 0 amide bonds. The Bertz CT molecular complexity index is 421. The van der Waals surface area contributed by atoms with Crippen LogP contribution in [0.15, 0.2) is 12.1 Å². The summed E-state index contributed by atoms with van der Waals surface area (Å²) in [6.07, 6.45) is 4.06. The van der Waals surface area contributed by atoms with E-state index in [9.17, 15) is 13.2 Å². The second-order valence-electron chi connectivity index (χ2n) is 5.38. The largest absolute Gasteiger partial charge is 0.423 e. The van der Waals surface area contributed by atoms with E-state index < -0.39 is 17.5 Å². The number of halogens is 3. The molecule has 0 aliphatic rings. The fraction of sp³-hybridized carbons (Fsp3) is 0.571. The van der Waals surface area contributed by atoms with E-state index in [-0.39, 0.29) is 11.2 Å². The van der Waals surface area contributed by atoms with E-state index in [0.717, 1.165) is 31.7 Å². The molecule has 0 aromatic heterocycles. The molecule has 19 heavy (non-hydrogen) atoms. The van der Waals surface area contributed by atoms with Gasteiger partial charge in [-0.2, -0.15) is 0 Å². The lowest BCUT2D eigenvalue weighted by atomic mass is 9.99. The molecule has 1 aromatic carbocycles. The van der Waals surface area contributed by atoms with E-state index in [4.69, 9.17) is 4.43 Å². The fourth-order valence-corrected chi connectivity index (χ4v) is 2.10. The highest BCUT2D eigenvalue weighted by atomic mass is 28.2. The Morgan fingerprint density at radius 3 is 2.26 bits per heavy atom. The maximum absolute atomic E-state index is 13.4. The molecule has 0 heterocycles. The Kier molecular flexibility index (Phi) is 6.07. The summed E-state index contributed by atoms with van der Waals surface area (Å²) >= 11 is 0. The molecule has 0 atom stereocenters. The topological polar surface area (TPSA) is 9.23 Å². The van der Waals surface area contributed by atoms with Crippen molar-refractivity contribution in [2.24, 2.45) is 0 Å². The van der Waals surface area contributed by atoms with Crippen molar-refractivity contribution in [1.29, 1.82) is 0 Å². The monoisotopic (exact) mass is 290 g/mol. The van der Waals surface area contributed by atoms with Crippen LogP contribution < -0.4 is 0 Å².